The van der Waals surface area contributed by atoms with Gasteiger partial charge in [0.2, 0.25) is 0 Å². The van der Waals surface area contributed by atoms with Crippen LogP contribution in [0.1, 0.15) is 67.7 Å². The van der Waals surface area contributed by atoms with E-state index in [9.17, 15) is 34.5 Å². The van der Waals surface area contributed by atoms with Crippen LogP contribution in [0.2, 0.25) is 0 Å². The van der Waals surface area contributed by atoms with Crippen molar-refractivity contribution in [2.24, 2.45) is 51.8 Å². The fourth-order valence-corrected chi connectivity index (χ4v) is 11.4. The molecule has 2 aliphatic heterocycles. The van der Waals surface area contributed by atoms with Crippen molar-refractivity contribution in [3.05, 3.63) is 11.8 Å². The summed E-state index contributed by atoms with van der Waals surface area (Å²) < 4.78 is 23.4. The number of rotatable bonds is 2. The topological polar surface area (TPSA) is 169 Å². The van der Waals surface area contributed by atoms with Crippen LogP contribution in [-0.4, -0.2) is 80.7 Å². The summed E-state index contributed by atoms with van der Waals surface area (Å²) in [6.45, 7) is 11.7. The van der Waals surface area contributed by atoms with Crippen LogP contribution in [0.4, 0.5) is 0 Å². The highest BCUT2D eigenvalue weighted by Crippen LogP contribution is 2.75. The van der Waals surface area contributed by atoms with E-state index in [0.29, 0.717) is 12.2 Å². The van der Waals surface area contributed by atoms with Crippen LogP contribution in [0.3, 0.4) is 0 Å². The molecule has 4 saturated carbocycles. The van der Waals surface area contributed by atoms with Crippen LogP contribution in [0.15, 0.2) is 11.8 Å². The quantitative estimate of drug-likeness (QED) is 0.238. The number of carbonyl (C=O) groups excluding carboxylic acids is 4. The number of epoxide rings is 1. The minimum Gasteiger partial charge on any atom is -0.462 e. The molecule has 6 fully saturated rings. The number of aliphatic hydroxyl groups is 3. The Labute approximate surface area is 250 Å². The Morgan fingerprint density at radius 1 is 0.977 bits per heavy atom. The standard InChI is InChI=1S/C32H42O11/c1-12-8-20-29(5,31(7,38)27(37)43-20)17-9-15-21-16(10-19(40-13(2)33)28(15,4)22(12)17)30(6)26(41-14(3)34)24-18(42-24)11-32(30,39)25(36)23(21)35/h8,12,15-19,21-22,24-26,36,38-39H,9-11H2,1-7H3/t12-,15+,16+,17-,18+,19+,21+,22+,24+,25?,26+,28-,29-,30+,31-,32+/m1/s1. The van der Waals surface area contributed by atoms with Gasteiger partial charge in [0.05, 0.1) is 11.5 Å². The molecule has 2 heterocycles. The summed E-state index contributed by atoms with van der Waals surface area (Å²) in [5.74, 6) is -4.43. The van der Waals surface area contributed by atoms with Gasteiger partial charge in [-0.1, -0.05) is 20.8 Å². The molecule has 43 heavy (non-hydrogen) atoms. The van der Waals surface area contributed by atoms with Gasteiger partial charge in [-0.2, -0.15) is 0 Å². The third kappa shape index (κ3) is 3.20. The van der Waals surface area contributed by atoms with Gasteiger partial charge in [-0.15, -0.1) is 0 Å². The van der Waals surface area contributed by atoms with Crippen molar-refractivity contribution in [3.8, 4) is 0 Å². The zero-order valence-electron chi connectivity index (χ0n) is 25.7. The lowest BCUT2D eigenvalue weighted by molar-refractivity contribution is -0.274. The number of aliphatic hydroxyl groups excluding tert-OH is 1. The van der Waals surface area contributed by atoms with Crippen molar-refractivity contribution >= 4 is 23.7 Å². The number of hydrogen-bond acceptors (Lipinski definition) is 11. The monoisotopic (exact) mass is 602 g/mol. The van der Waals surface area contributed by atoms with Gasteiger partial charge in [0.25, 0.3) is 0 Å². The lowest BCUT2D eigenvalue weighted by atomic mass is 9.40. The van der Waals surface area contributed by atoms with E-state index in [0.717, 1.165) is 0 Å². The van der Waals surface area contributed by atoms with Gasteiger partial charge in [0.15, 0.2) is 11.4 Å². The van der Waals surface area contributed by atoms with Crippen molar-refractivity contribution in [1.82, 2.24) is 0 Å². The fraction of sp³-hybridized carbons (Fsp3) is 0.812. The molecular formula is C32H42O11. The SMILES string of the molecule is CC(=O)O[C@H]1C[C@H]2[C@@H](C(=O)C(O)[C@@]3(O)C[C@@H]4O[C@@H]4[C@H](OC(C)=O)[C@]23C)[C@@H]2C[C@@H]3[C@H]([C@H](C)C=C4OC(=O)[C@@](C)(O)[C@@]43C)[C@@]12C. The predicted octanol–water partition coefficient (Wildman–Crippen LogP) is 1.44. The second kappa shape index (κ2) is 8.47. The molecule has 0 bridgehead atoms. The molecule has 1 unspecified atom stereocenters. The molecule has 7 aliphatic rings. The first-order valence-electron chi connectivity index (χ1n) is 15.5. The Kier molecular flexibility index (Phi) is 5.79. The van der Waals surface area contributed by atoms with E-state index in [1.54, 1.807) is 6.92 Å². The summed E-state index contributed by atoms with van der Waals surface area (Å²) in [4.78, 5) is 52.3. The van der Waals surface area contributed by atoms with Crippen LogP contribution < -0.4 is 0 Å². The fourth-order valence-electron chi connectivity index (χ4n) is 11.4. The van der Waals surface area contributed by atoms with Gasteiger partial charge in [0.1, 0.15) is 35.8 Å². The molecule has 11 heteroatoms. The Hall–Kier alpha value is -2.34. The van der Waals surface area contributed by atoms with Crippen LogP contribution in [0.5, 0.6) is 0 Å². The summed E-state index contributed by atoms with van der Waals surface area (Å²) in [7, 11) is 0. The van der Waals surface area contributed by atoms with Gasteiger partial charge in [-0.3, -0.25) is 14.4 Å². The molecule has 11 nitrogen and oxygen atoms in total. The molecule has 0 spiro atoms. The first kappa shape index (κ1) is 29.4. The molecule has 7 rings (SSSR count). The maximum absolute atomic E-state index is 14.4. The average molecular weight is 603 g/mol. The molecule has 0 radical (unpaired) electrons. The third-order valence-corrected chi connectivity index (χ3v) is 13.7. The predicted molar refractivity (Wildman–Crippen MR) is 145 cm³/mol. The minimum absolute atomic E-state index is 0.0121. The first-order valence-corrected chi connectivity index (χ1v) is 15.5. The van der Waals surface area contributed by atoms with Crippen molar-refractivity contribution in [2.75, 3.05) is 0 Å². The lowest BCUT2D eigenvalue weighted by Crippen LogP contribution is -2.77. The summed E-state index contributed by atoms with van der Waals surface area (Å²) in [5, 5.41) is 35.5. The molecular weight excluding hydrogens is 560 g/mol. The Balaban J connectivity index is 1.41. The number of esters is 3. The number of fused-ring (bicyclic) bond motifs is 10. The Morgan fingerprint density at radius 3 is 2.26 bits per heavy atom. The van der Waals surface area contributed by atoms with Gasteiger partial charge in [-0.05, 0) is 62.4 Å². The zero-order valence-corrected chi connectivity index (χ0v) is 25.7. The Bertz CT molecular complexity index is 1370. The highest BCUT2D eigenvalue weighted by atomic mass is 16.6. The van der Waals surface area contributed by atoms with E-state index < -0.39 is 99.4 Å². The number of carbonyl (C=O) groups is 4. The number of ketones is 1. The smallest absolute Gasteiger partial charge is 0.343 e. The second-order valence-corrected chi connectivity index (χ2v) is 15.2. The van der Waals surface area contributed by atoms with Crippen LogP contribution in [-0.2, 0) is 38.1 Å². The van der Waals surface area contributed by atoms with E-state index >= 15 is 0 Å². The number of hydrogen-bond donors (Lipinski definition) is 3. The van der Waals surface area contributed by atoms with E-state index in [1.807, 2.05) is 26.8 Å². The van der Waals surface area contributed by atoms with E-state index in [-0.39, 0.29) is 30.6 Å². The molecule has 236 valence electrons. The molecule has 16 atom stereocenters. The van der Waals surface area contributed by atoms with Crippen LogP contribution in [0.25, 0.3) is 0 Å². The van der Waals surface area contributed by atoms with Crippen molar-refractivity contribution in [2.45, 2.75) is 109 Å². The lowest BCUT2D eigenvalue weighted by Gasteiger charge is -2.65. The van der Waals surface area contributed by atoms with E-state index in [1.165, 1.54) is 20.8 Å². The van der Waals surface area contributed by atoms with Gasteiger partial charge >= 0.3 is 17.9 Å². The van der Waals surface area contributed by atoms with Gasteiger partial charge in [-0.25, -0.2) is 4.79 Å². The van der Waals surface area contributed by atoms with Crippen molar-refractivity contribution < 1.29 is 53.4 Å². The Morgan fingerprint density at radius 2 is 1.63 bits per heavy atom. The summed E-state index contributed by atoms with van der Waals surface area (Å²) in [6.07, 6.45) is -1.84. The molecule has 3 N–H and O–H groups in total. The number of Topliss-reactive ketones (excluding diaryl/α,β-unsaturated/α-hetero) is 1. The van der Waals surface area contributed by atoms with E-state index in [4.69, 9.17) is 18.9 Å². The van der Waals surface area contributed by atoms with Crippen molar-refractivity contribution in [3.63, 3.8) is 0 Å². The molecule has 2 saturated heterocycles. The van der Waals surface area contributed by atoms with Crippen LogP contribution in [0, 0.1) is 51.8 Å². The molecule has 0 aromatic carbocycles. The molecule has 5 aliphatic carbocycles. The molecule has 0 aromatic heterocycles. The number of allylic oxidation sites excluding steroid dienone is 1. The van der Waals surface area contributed by atoms with Crippen molar-refractivity contribution in [1.29, 1.82) is 0 Å². The largest absolute Gasteiger partial charge is 0.462 e. The normalized spacial score (nSPS) is 57.5. The van der Waals surface area contributed by atoms with Gasteiger partial charge < -0.3 is 34.3 Å². The molecule has 0 amide bonds. The summed E-state index contributed by atoms with van der Waals surface area (Å²) in [5.41, 5.74) is -6.97. The highest BCUT2D eigenvalue weighted by Gasteiger charge is 2.81. The zero-order chi connectivity index (χ0) is 31.4. The maximum Gasteiger partial charge on any atom is 0.343 e. The minimum atomic E-state index is -1.94. The first-order chi connectivity index (χ1) is 19.9. The summed E-state index contributed by atoms with van der Waals surface area (Å²) >= 11 is 0. The second-order valence-electron chi connectivity index (χ2n) is 15.2. The van der Waals surface area contributed by atoms with Crippen LogP contribution >= 0.6 is 0 Å². The number of ether oxygens (including phenoxy) is 4. The maximum atomic E-state index is 14.4. The highest BCUT2D eigenvalue weighted by molar-refractivity contribution is 5.89. The van der Waals surface area contributed by atoms with Gasteiger partial charge in [0, 0.05) is 37.0 Å². The molecule has 0 aromatic rings. The van der Waals surface area contributed by atoms with E-state index in [2.05, 4.69) is 0 Å². The average Bonchev–Trinajstić information content (AvgIpc) is 3.54. The summed E-state index contributed by atoms with van der Waals surface area (Å²) in [6, 6.07) is 0. The third-order valence-electron chi connectivity index (χ3n) is 13.7.